The van der Waals surface area contributed by atoms with E-state index in [0.29, 0.717) is 16.6 Å². The van der Waals surface area contributed by atoms with Crippen molar-refractivity contribution >= 4 is 23.2 Å². The molecule has 106 valence electrons. The first-order chi connectivity index (χ1) is 9.20. The van der Waals surface area contributed by atoms with Crippen LogP contribution < -0.4 is 5.32 Å². The fourth-order valence-electron chi connectivity index (χ4n) is 2.24. The van der Waals surface area contributed by atoms with Gasteiger partial charge in [-0.15, -0.1) is 0 Å². The van der Waals surface area contributed by atoms with Gasteiger partial charge in [0.1, 0.15) is 0 Å². The Morgan fingerprint density at radius 2 is 2.26 bits per heavy atom. The van der Waals surface area contributed by atoms with Gasteiger partial charge in [0, 0.05) is 26.2 Å². The summed E-state index contributed by atoms with van der Waals surface area (Å²) in [5.41, 5.74) is 1.03. The van der Waals surface area contributed by atoms with Gasteiger partial charge in [-0.25, -0.2) is 0 Å². The molecule has 1 fully saturated rings. The van der Waals surface area contributed by atoms with Crippen LogP contribution in [0.3, 0.4) is 0 Å². The zero-order valence-electron chi connectivity index (χ0n) is 11.2. The molecule has 1 heterocycles. The summed E-state index contributed by atoms with van der Waals surface area (Å²) in [7, 11) is 0. The average Bonchev–Trinajstić information content (AvgIpc) is 2.44. The average molecular weight is 303 g/mol. The third-order valence-corrected chi connectivity index (χ3v) is 4.25. The number of hydrogen-bond donors (Lipinski definition) is 1. The highest BCUT2D eigenvalue weighted by molar-refractivity contribution is 6.42. The molecule has 2 rings (SSSR count). The smallest absolute Gasteiger partial charge is 0.0826 e. The van der Waals surface area contributed by atoms with E-state index < -0.39 is 0 Å². The van der Waals surface area contributed by atoms with Crippen LogP contribution in [-0.4, -0.2) is 43.8 Å². The van der Waals surface area contributed by atoms with Gasteiger partial charge >= 0.3 is 0 Å². The molecule has 1 aromatic rings. The van der Waals surface area contributed by atoms with Crippen LogP contribution in [-0.2, 0) is 11.3 Å². The van der Waals surface area contributed by atoms with Gasteiger partial charge in [-0.3, -0.25) is 4.90 Å². The van der Waals surface area contributed by atoms with Gasteiger partial charge in [0.2, 0.25) is 0 Å². The van der Waals surface area contributed by atoms with Crippen LogP contribution in [0.25, 0.3) is 0 Å². The number of likely N-dealkylation sites (N-methyl/N-ethyl adjacent to an activating group) is 1. The summed E-state index contributed by atoms with van der Waals surface area (Å²) >= 11 is 12.1. The molecule has 5 heteroatoms. The Bertz CT molecular complexity index is 414. The van der Waals surface area contributed by atoms with Crippen molar-refractivity contribution in [3.8, 4) is 0 Å². The van der Waals surface area contributed by atoms with E-state index in [0.717, 1.165) is 38.3 Å². The summed E-state index contributed by atoms with van der Waals surface area (Å²) in [5, 5.41) is 4.63. The van der Waals surface area contributed by atoms with Crippen LogP contribution in [0.2, 0.25) is 10.0 Å². The van der Waals surface area contributed by atoms with Crippen molar-refractivity contribution in [1.29, 1.82) is 0 Å². The monoisotopic (exact) mass is 302 g/mol. The van der Waals surface area contributed by atoms with Crippen molar-refractivity contribution in [3.05, 3.63) is 33.8 Å². The summed E-state index contributed by atoms with van der Waals surface area (Å²) < 4.78 is 5.74. The number of ether oxygens (including phenoxy) is 1. The molecule has 0 aromatic heterocycles. The van der Waals surface area contributed by atoms with Crippen molar-refractivity contribution in [1.82, 2.24) is 10.2 Å². The van der Waals surface area contributed by atoms with Crippen LogP contribution in [0.1, 0.15) is 12.5 Å². The summed E-state index contributed by atoms with van der Waals surface area (Å²) in [6.45, 7) is 7.66. The lowest BCUT2D eigenvalue weighted by Crippen LogP contribution is -2.46. The summed E-state index contributed by atoms with van der Waals surface area (Å²) in [6.07, 6.45) is 0.256. The minimum absolute atomic E-state index is 0.256. The molecule has 0 amide bonds. The third kappa shape index (κ3) is 4.33. The van der Waals surface area contributed by atoms with E-state index in [2.05, 4.69) is 17.1 Å². The first-order valence-electron chi connectivity index (χ1n) is 6.68. The highest BCUT2D eigenvalue weighted by Gasteiger charge is 2.18. The molecule has 3 nitrogen and oxygen atoms in total. The van der Waals surface area contributed by atoms with Crippen molar-refractivity contribution in [2.45, 2.75) is 19.6 Å². The molecule has 0 spiro atoms. The van der Waals surface area contributed by atoms with Gasteiger partial charge in [-0.1, -0.05) is 42.3 Å². The van der Waals surface area contributed by atoms with E-state index in [1.54, 1.807) is 6.07 Å². The topological polar surface area (TPSA) is 24.5 Å². The molecule has 1 aliphatic rings. The maximum absolute atomic E-state index is 6.15. The Morgan fingerprint density at radius 1 is 1.42 bits per heavy atom. The minimum atomic E-state index is 0.256. The summed E-state index contributed by atoms with van der Waals surface area (Å²) in [6, 6.07) is 5.71. The standard InChI is InChI=1S/C14H20Cl2N2O/c1-2-18-6-7-19-12(10-18)9-17-8-11-4-3-5-13(15)14(11)16/h3-5,12,17H,2,6-10H2,1H3. The molecule has 0 radical (unpaired) electrons. The first kappa shape index (κ1) is 15.1. The normalized spacial score (nSPS) is 20.7. The van der Waals surface area contributed by atoms with Crippen LogP contribution >= 0.6 is 23.2 Å². The zero-order chi connectivity index (χ0) is 13.7. The van der Waals surface area contributed by atoms with E-state index in [4.69, 9.17) is 27.9 Å². The number of morpholine rings is 1. The third-order valence-electron chi connectivity index (χ3n) is 3.39. The number of nitrogens with zero attached hydrogens (tertiary/aromatic N) is 1. The molecule has 1 saturated heterocycles. The molecule has 0 aliphatic carbocycles. The molecule has 1 atom stereocenters. The van der Waals surface area contributed by atoms with E-state index in [9.17, 15) is 0 Å². The van der Waals surface area contributed by atoms with Crippen LogP contribution in [0.15, 0.2) is 18.2 Å². The second kappa shape index (κ2) is 7.46. The fourth-order valence-corrected chi connectivity index (χ4v) is 2.63. The van der Waals surface area contributed by atoms with Gasteiger partial charge in [-0.2, -0.15) is 0 Å². The summed E-state index contributed by atoms with van der Waals surface area (Å²) in [5.74, 6) is 0. The Balaban J connectivity index is 1.78. The van der Waals surface area contributed by atoms with E-state index in [1.807, 2.05) is 12.1 Å². The van der Waals surface area contributed by atoms with Gasteiger partial charge in [-0.05, 0) is 18.2 Å². The van der Waals surface area contributed by atoms with Crippen molar-refractivity contribution in [2.75, 3.05) is 32.8 Å². The lowest BCUT2D eigenvalue weighted by Gasteiger charge is -2.32. The second-order valence-electron chi connectivity index (χ2n) is 4.73. The first-order valence-corrected chi connectivity index (χ1v) is 7.44. The zero-order valence-corrected chi connectivity index (χ0v) is 12.7. The molecule has 0 saturated carbocycles. The highest BCUT2D eigenvalue weighted by atomic mass is 35.5. The Kier molecular flexibility index (Phi) is 5.92. The number of rotatable bonds is 5. The Hall–Kier alpha value is -0.320. The van der Waals surface area contributed by atoms with Crippen LogP contribution in [0.5, 0.6) is 0 Å². The van der Waals surface area contributed by atoms with E-state index in [-0.39, 0.29) is 6.10 Å². The van der Waals surface area contributed by atoms with Gasteiger partial charge in [0.25, 0.3) is 0 Å². The number of halogens is 2. The fraction of sp³-hybridized carbons (Fsp3) is 0.571. The molecular formula is C14H20Cl2N2O. The highest BCUT2D eigenvalue weighted by Crippen LogP contribution is 2.25. The van der Waals surface area contributed by atoms with Crippen molar-refractivity contribution in [3.63, 3.8) is 0 Å². The molecule has 1 aromatic carbocycles. The number of hydrogen-bond acceptors (Lipinski definition) is 3. The van der Waals surface area contributed by atoms with Gasteiger partial charge in [0.05, 0.1) is 22.8 Å². The van der Waals surface area contributed by atoms with Gasteiger partial charge in [0.15, 0.2) is 0 Å². The van der Waals surface area contributed by atoms with Crippen molar-refractivity contribution < 1.29 is 4.74 Å². The number of nitrogens with one attached hydrogen (secondary N) is 1. The van der Waals surface area contributed by atoms with E-state index in [1.165, 1.54) is 0 Å². The molecule has 1 unspecified atom stereocenters. The van der Waals surface area contributed by atoms with Gasteiger partial charge < -0.3 is 10.1 Å². The quantitative estimate of drug-likeness (QED) is 0.905. The Morgan fingerprint density at radius 3 is 3.05 bits per heavy atom. The second-order valence-corrected chi connectivity index (χ2v) is 5.52. The summed E-state index contributed by atoms with van der Waals surface area (Å²) in [4.78, 5) is 2.40. The molecule has 0 bridgehead atoms. The van der Waals surface area contributed by atoms with Crippen LogP contribution in [0, 0.1) is 0 Å². The maximum Gasteiger partial charge on any atom is 0.0826 e. The predicted octanol–water partition coefficient (Wildman–Crippen LogP) is 2.80. The predicted molar refractivity (Wildman–Crippen MR) is 80.0 cm³/mol. The lowest BCUT2D eigenvalue weighted by atomic mass is 10.2. The lowest BCUT2D eigenvalue weighted by molar-refractivity contribution is -0.0253. The molecule has 19 heavy (non-hydrogen) atoms. The Labute approximate surface area is 124 Å². The van der Waals surface area contributed by atoms with E-state index >= 15 is 0 Å². The minimum Gasteiger partial charge on any atom is -0.374 e. The molecular weight excluding hydrogens is 283 g/mol. The SMILES string of the molecule is CCN1CCOC(CNCc2cccc(Cl)c2Cl)C1. The maximum atomic E-state index is 6.15. The molecule has 1 N–H and O–H groups in total. The van der Waals surface area contributed by atoms with Crippen LogP contribution in [0.4, 0.5) is 0 Å². The van der Waals surface area contributed by atoms with Crippen molar-refractivity contribution in [2.24, 2.45) is 0 Å². The number of benzene rings is 1. The largest absolute Gasteiger partial charge is 0.374 e. The molecule has 1 aliphatic heterocycles.